The van der Waals surface area contributed by atoms with E-state index < -0.39 is 17.8 Å². The Morgan fingerprint density at radius 2 is 2.06 bits per heavy atom. The van der Waals surface area contributed by atoms with Crippen molar-refractivity contribution in [2.75, 3.05) is 0 Å². The van der Waals surface area contributed by atoms with Crippen molar-refractivity contribution in [2.24, 2.45) is 5.84 Å². The van der Waals surface area contributed by atoms with Gasteiger partial charge in [-0.3, -0.25) is 11.3 Å². The van der Waals surface area contributed by atoms with E-state index in [1.54, 1.807) is 13.0 Å². The molecule has 0 spiro atoms. The lowest BCUT2D eigenvalue weighted by atomic mass is 9.98. The summed E-state index contributed by atoms with van der Waals surface area (Å²) in [7, 11) is 0. The van der Waals surface area contributed by atoms with Gasteiger partial charge in [0.15, 0.2) is 0 Å². The van der Waals surface area contributed by atoms with Gasteiger partial charge in [0.25, 0.3) is 0 Å². The molecule has 3 N–H and O–H groups in total. The molecule has 1 rings (SSSR count). The van der Waals surface area contributed by atoms with Gasteiger partial charge in [0.2, 0.25) is 0 Å². The number of alkyl halides is 3. The first-order valence-electron chi connectivity index (χ1n) is 4.73. The minimum atomic E-state index is -4.37. The molecule has 1 unspecified atom stereocenters. The third-order valence-corrected chi connectivity index (χ3v) is 2.80. The highest BCUT2D eigenvalue weighted by atomic mass is 79.9. The normalized spacial score (nSPS) is 13.9. The van der Waals surface area contributed by atoms with E-state index in [4.69, 9.17) is 5.84 Å². The zero-order valence-corrected chi connectivity index (χ0v) is 10.2. The molecule has 16 heavy (non-hydrogen) atoms. The van der Waals surface area contributed by atoms with Crippen molar-refractivity contribution in [2.45, 2.75) is 25.6 Å². The molecule has 0 heterocycles. The summed E-state index contributed by atoms with van der Waals surface area (Å²) >= 11 is 3.03. The van der Waals surface area contributed by atoms with Gasteiger partial charge >= 0.3 is 6.18 Å². The third kappa shape index (κ3) is 2.96. The van der Waals surface area contributed by atoms with Crippen molar-refractivity contribution in [3.8, 4) is 0 Å². The summed E-state index contributed by atoms with van der Waals surface area (Å²) in [5.41, 5.74) is 1.89. The molecule has 90 valence electrons. The van der Waals surface area contributed by atoms with Crippen molar-refractivity contribution in [1.29, 1.82) is 0 Å². The predicted octanol–water partition coefficient (Wildman–Crippen LogP) is 3.38. The second-order valence-corrected chi connectivity index (χ2v) is 4.27. The largest absolute Gasteiger partial charge is 0.416 e. The number of benzene rings is 1. The molecule has 0 aliphatic carbocycles. The fourth-order valence-corrected chi connectivity index (χ4v) is 1.87. The topological polar surface area (TPSA) is 38.0 Å². The van der Waals surface area contributed by atoms with Crippen molar-refractivity contribution in [3.05, 3.63) is 33.8 Å². The first kappa shape index (κ1) is 13.5. The van der Waals surface area contributed by atoms with Gasteiger partial charge in [-0.15, -0.1) is 0 Å². The summed E-state index contributed by atoms with van der Waals surface area (Å²) in [4.78, 5) is 0. The van der Waals surface area contributed by atoms with Gasteiger partial charge in [-0.25, -0.2) is 0 Å². The molecule has 1 aromatic carbocycles. The van der Waals surface area contributed by atoms with Crippen LogP contribution in [0.1, 0.15) is 30.5 Å². The average molecular weight is 297 g/mol. The van der Waals surface area contributed by atoms with Crippen molar-refractivity contribution >= 4 is 15.9 Å². The van der Waals surface area contributed by atoms with Crippen LogP contribution in [0.3, 0.4) is 0 Å². The molecular formula is C10H12BrF3N2. The van der Waals surface area contributed by atoms with Crippen LogP contribution in [0.25, 0.3) is 0 Å². The first-order valence-corrected chi connectivity index (χ1v) is 5.52. The second kappa shape index (κ2) is 5.16. The SMILES string of the molecule is CCC(NN)c1ccc(Br)cc1C(F)(F)F. The van der Waals surface area contributed by atoms with Crippen LogP contribution >= 0.6 is 15.9 Å². The number of hydrogen-bond donors (Lipinski definition) is 2. The molecule has 2 nitrogen and oxygen atoms in total. The van der Waals surface area contributed by atoms with Crippen LogP contribution in [0, 0.1) is 0 Å². The highest BCUT2D eigenvalue weighted by molar-refractivity contribution is 9.10. The van der Waals surface area contributed by atoms with E-state index in [0.717, 1.165) is 6.07 Å². The molecule has 1 atom stereocenters. The maximum atomic E-state index is 12.8. The Morgan fingerprint density at radius 1 is 1.44 bits per heavy atom. The van der Waals surface area contributed by atoms with Crippen LogP contribution in [0.15, 0.2) is 22.7 Å². The smallest absolute Gasteiger partial charge is 0.271 e. The Morgan fingerprint density at radius 3 is 2.50 bits per heavy atom. The van der Waals surface area contributed by atoms with Crippen molar-refractivity contribution in [1.82, 2.24) is 5.43 Å². The van der Waals surface area contributed by atoms with Gasteiger partial charge in [-0.2, -0.15) is 13.2 Å². The number of hydrogen-bond acceptors (Lipinski definition) is 2. The number of nitrogens with one attached hydrogen (secondary N) is 1. The molecule has 0 saturated carbocycles. The molecule has 0 aliphatic heterocycles. The van der Waals surface area contributed by atoms with Crippen molar-refractivity contribution in [3.63, 3.8) is 0 Å². The van der Waals surface area contributed by atoms with Gasteiger partial charge in [0, 0.05) is 10.5 Å². The molecule has 0 aliphatic rings. The molecule has 0 saturated heterocycles. The monoisotopic (exact) mass is 296 g/mol. The molecule has 0 fully saturated rings. The number of hydrazine groups is 1. The van der Waals surface area contributed by atoms with E-state index in [1.807, 2.05) is 0 Å². The Balaban J connectivity index is 3.27. The van der Waals surface area contributed by atoms with E-state index >= 15 is 0 Å². The lowest BCUT2D eigenvalue weighted by Gasteiger charge is -2.20. The Hall–Kier alpha value is -0.590. The lowest BCUT2D eigenvalue weighted by Crippen LogP contribution is -2.29. The van der Waals surface area contributed by atoms with Crippen LogP contribution in [-0.2, 0) is 6.18 Å². The molecule has 0 radical (unpaired) electrons. The van der Waals surface area contributed by atoms with Crippen molar-refractivity contribution < 1.29 is 13.2 Å². The maximum absolute atomic E-state index is 12.8. The summed E-state index contributed by atoms with van der Waals surface area (Å²) in [6.07, 6.45) is -3.88. The zero-order valence-electron chi connectivity index (χ0n) is 8.61. The van der Waals surface area contributed by atoms with Gasteiger partial charge in [0.1, 0.15) is 0 Å². The van der Waals surface area contributed by atoms with E-state index in [9.17, 15) is 13.2 Å². The average Bonchev–Trinajstić information content (AvgIpc) is 2.20. The molecule has 1 aromatic rings. The summed E-state index contributed by atoms with van der Waals surface area (Å²) < 4.78 is 38.7. The van der Waals surface area contributed by atoms with E-state index in [0.29, 0.717) is 10.9 Å². The lowest BCUT2D eigenvalue weighted by molar-refractivity contribution is -0.138. The number of halogens is 4. The quantitative estimate of drug-likeness (QED) is 0.663. The molecule has 0 bridgehead atoms. The molecule has 0 amide bonds. The number of nitrogens with two attached hydrogens (primary N) is 1. The summed E-state index contributed by atoms with van der Waals surface area (Å²) in [5.74, 6) is 5.24. The van der Waals surface area contributed by atoms with E-state index in [2.05, 4.69) is 21.4 Å². The highest BCUT2D eigenvalue weighted by Gasteiger charge is 2.34. The van der Waals surface area contributed by atoms with Crippen LogP contribution < -0.4 is 11.3 Å². The maximum Gasteiger partial charge on any atom is 0.416 e. The first-order chi connectivity index (χ1) is 7.40. The zero-order chi connectivity index (χ0) is 12.3. The summed E-state index contributed by atoms with van der Waals surface area (Å²) in [5, 5.41) is 0. The van der Waals surface area contributed by atoms with Crippen LogP contribution in [-0.4, -0.2) is 0 Å². The summed E-state index contributed by atoms with van der Waals surface area (Å²) in [6.45, 7) is 1.77. The summed E-state index contributed by atoms with van der Waals surface area (Å²) in [6, 6.07) is 3.57. The Kier molecular flexibility index (Phi) is 4.35. The molecule has 0 aromatic heterocycles. The highest BCUT2D eigenvalue weighted by Crippen LogP contribution is 2.36. The standard InChI is InChI=1S/C10H12BrF3N2/c1-2-9(16-15)7-4-3-6(11)5-8(7)10(12,13)14/h3-5,9,16H,2,15H2,1H3. The molecular weight excluding hydrogens is 285 g/mol. The van der Waals surface area contributed by atoms with Crippen LogP contribution in [0.2, 0.25) is 0 Å². The fraction of sp³-hybridized carbons (Fsp3) is 0.400. The molecule has 6 heteroatoms. The van der Waals surface area contributed by atoms with Crippen LogP contribution in [0.5, 0.6) is 0 Å². The minimum absolute atomic E-state index is 0.167. The number of rotatable bonds is 3. The predicted molar refractivity (Wildman–Crippen MR) is 59.5 cm³/mol. The second-order valence-electron chi connectivity index (χ2n) is 3.36. The van der Waals surface area contributed by atoms with Gasteiger partial charge < -0.3 is 0 Å². The minimum Gasteiger partial charge on any atom is -0.271 e. The van der Waals surface area contributed by atoms with Gasteiger partial charge in [-0.1, -0.05) is 28.9 Å². The Labute approximate surface area is 100 Å². The van der Waals surface area contributed by atoms with Crippen LogP contribution in [0.4, 0.5) is 13.2 Å². The Bertz CT molecular complexity index is 362. The van der Waals surface area contributed by atoms with E-state index in [1.165, 1.54) is 6.07 Å². The van der Waals surface area contributed by atoms with Gasteiger partial charge in [-0.05, 0) is 24.1 Å². The fourth-order valence-electron chi connectivity index (χ4n) is 1.51. The van der Waals surface area contributed by atoms with E-state index in [-0.39, 0.29) is 5.56 Å². The third-order valence-electron chi connectivity index (χ3n) is 2.31. The van der Waals surface area contributed by atoms with Gasteiger partial charge in [0.05, 0.1) is 5.56 Å².